The van der Waals surface area contributed by atoms with Crippen molar-refractivity contribution >= 4 is 34.7 Å². The number of esters is 1. The van der Waals surface area contributed by atoms with Crippen LogP contribution in [0.25, 0.3) is 0 Å². The van der Waals surface area contributed by atoms with Gasteiger partial charge in [-0.1, -0.05) is 24.3 Å². The summed E-state index contributed by atoms with van der Waals surface area (Å²) in [5.74, 6) is -0.393. The smallest absolute Gasteiger partial charge is 0.311 e. The lowest BCUT2D eigenvalue weighted by Gasteiger charge is -2.07. The van der Waals surface area contributed by atoms with Gasteiger partial charge in [-0.05, 0) is 47.8 Å². The maximum Gasteiger partial charge on any atom is 0.311 e. The van der Waals surface area contributed by atoms with E-state index in [9.17, 15) is 14.4 Å². The van der Waals surface area contributed by atoms with Crippen LogP contribution in [-0.2, 0) is 4.79 Å². The normalized spacial score (nSPS) is 10.2. The molecule has 1 N–H and O–H groups in total. The number of thiophene rings is 1. The van der Waals surface area contributed by atoms with Gasteiger partial charge in [0.15, 0.2) is 5.78 Å². The van der Waals surface area contributed by atoms with E-state index >= 15 is 0 Å². The summed E-state index contributed by atoms with van der Waals surface area (Å²) in [5, 5.41) is 4.59. The molecule has 136 valence electrons. The molecule has 5 nitrogen and oxygen atoms in total. The molecule has 2 aromatic carbocycles. The van der Waals surface area contributed by atoms with Gasteiger partial charge in [-0.2, -0.15) is 0 Å². The minimum atomic E-state index is -0.471. The molecule has 0 atom stereocenters. The van der Waals surface area contributed by atoms with E-state index in [4.69, 9.17) is 4.74 Å². The van der Waals surface area contributed by atoms with E-state index in [0.29, 0.717) is 21.9 Å². The SMILES string of the molecule is O=C(CCC(=O)c1cccs1)Oc1ccc(NC(=O)c2ccccc2)cc1. The second kappa shape index (κ2) is 8.91. The van der Waals surface area contributed by atoms with Crippen molar-refractivity contribution < 1.29 is 19.1 Å². The van der Waals surface area contributed by atoms with Gasteiger partial charge in [-0.15, -0.1) is 11.3 Å². The standard InChI is InChI=1S/C21H17NO4S/c23-18(19-7-4-14-27-19)12-13-20(24)26-17-10-8-16(9-11-17)22-21(25)15-5-2-1-3-6-15/h1-11,14H,12-13H2,(H,22,25). The molecule has 0 saturated carbocycles. The number of Topliss-reactive ketones (excluding diaryl/α,β-unsaturated/α-hetero) is 1. The van der Waals surface area contributed by atoms with E-state index in [2.05, 4.69) is 5.32 Å². The van der Waals surface area contributed by atoms with E-state index in [0.717, 1.165) is 0 Å². The van der Waals surface area contributed by atoms with E-state index < -0.39 is 5.97 Å². The summed E-state index contributed by atoms with van der Waals surface area (Å²) >= 11 is 1.36. The quantitative estimate of drug-likeness (QED) is 0.371. The monoisotopic (exact) mass is 379 g/mol. The first kappa shape index (κ1) is 18.5. The van der Waals surface area contributed by atoms with Gasteiger partial charge in [-0.25, -0.2) is 0 Å². The summed E-state index contributed by atoms with van der Waals surface area (Å²) in [4.78, 5) is 36.5. The van der Waals surface area contributed by atoms with Crippen LogP contribution >= 0.6 is 11.3 Å². The third kappa shape index (κ3) is 5.36. The van der Waals surface area contributed by atoms with Crippen molar-refractivity contribution in [1.29, 1.82) is 0 Å². The first-order valence-corrected chi connectivity index (χ1v) is 9.23. The summed E-state index contributed by atoms with van der Waals surface area (Å²) in [5.41, 5.74) is 1.15. The van der Waals surface area contributed by atoms with Crippen molar-refractivity contribution in [3.63, 3.8) is 0 Å². The molecule has 0 saturated heterocycles. The lowest BCUT2D eigenvalue weighted by atomic mass is 10.2. The molecule has 1 heterocycles. The van der Waals surface area contributed by atoms with Gasteiger partial charge in [0.1, 0.15) is 5.75 Å². The molecule has 0 aliphatic carbocycles. The Balaban J connectivity index is 1.49. The molecule has 0 spiro atoms. The van der Waals surface area contributed by atoms with Crippen LogP contribution in [0.15, 0.2) is 72.1 Å². The number of carbonyl (C=O) groups is 3. The highest BCUT2D eigenvalue weighted by Crippen LogP contribution is 2.18. The van der Waals surface area contributed by atoms with Gasteiger partial charge in [0, 0.05) is 17.7 Å². The zero-order valence-electron chi connectivity index (χ0n) is 14.4. The van der Waals surface area contributed by atoms with Gasteiger partial charge in [0.2, 0.25) is 0 Å². The molecule has 0 bridgehead atoms. The molecular weight excluding hydrogens is 362 g/mol. The van der Waals surface area contributed by atoms with E-state index in [1.54, 1.807) is 60.7 Å². The molecule has 3 aromatic rings. The largest absolute Gasteiger partial charge is 0.427 e. The zero-order chi connectivity index (χ0) is 19.1. The van der Waals surface area contributed by atoms with Crippen LogP contribution in [-0.4, -0.2) is 17.7 Å². The summed E-state index contributed by atoms with van der Waals surface area (Å²) in [6.07, 6.45) is 0.133. The van der Waals surface area contributed by atoms with Crippen LogP contribution in [0.2, 0.25) is 0 Å². The Morgan fingerprint density at radius 2 is 1.59 bits per heavy atom. The highest BCUT2D eigenvalue weighted by Gasteiger charge is 2.12. The lowest BCUT2D eigenvalue weighted by Crippen LogP contribution is -2.12. The first-order valence-electron chi connectivity index (χ1n) is 8.35. The van der Waals surface area contributed by atoms with Gasteiger partial charge < -0.3 is 10.1 Å². The maximum atomic E-state index is 12.1. The van der Waals surface area contributed by atoms with Crippen LogP contribution in [0.5, 0.6) is 5.75 Å². The molecule has 1 aromatic heterocycles. The molecule has 0 radical (unpaired) electrons. The van der Waals surface area contributed by atoms with Crippen LogP contribution < -0.4 is 10.1 Å². The number of hydrogen-bond donors (Lipinski definition) is 1. The number of rotatable bonds is 7. The number of hydrogen-bond acceptors (Lipinski definition) is 5. The van der Waals surface area contributed by atoms with Crippen molar-refractivity contribution in [2.75, 3.05) is 5.32 Å². The Hall–Kier alpha value is -3.25. The molecular formula is C21H17NO4S. The number of ketones is 1. The van der Waals surface area contributed by atoms with Crippen LogP contribution in [0.3, 0.4) is 0 Å². The Bertz CT molecular complexity index is 919. The second-order valence-corrected chi connectivity index (χ2v) is 6.67. The summed E-state index contributed by atoms with van der Waals surface area (Å²) in [6, 6.07) is 18.9. The number of ether oxygens (including phenoxy) is 1. The third-order valence-electron chi connectivity index (χ3n) is 3.73. The third-order valence-corrected chi connectivity index (χ3v) is 4.64. The predicted octanol–water partition coefficient (Wildman–Crippen LogP) is 4.57. The van der Waals surface area contributed by atoms with Gasteiger partial charge in [0.25, 0.3) is 5.91 Å². The van der Waals surface area contributed by atoms with Crippen molar-refractivity contribution in [2.24, 2.45) is 0 Å². The zero-order valence-corrected chi connectivity index (χ0v) is 15.2. The number of carbonyl (C=O) groups excluding carboxylic acids is 3. The van der Waals surface area contributed by atoms with Crippen molar-refractivity contribution in [3.8, 4) is 5.75 Å². The Labute approximate surface area is 160 Å². The Morgan fingerprint density at radius 1 is 0.852 bits per heavy atom. The molecule has 0 aliphatic rings. The average Bonchev–Trinajstić information content (AvgIpc) is 3.23. The van der Waals surface area contributed by atoms with Crippen LogP contribution in [0.1, 0.15) is 32.9 Å². The topological polar surface area (TPSA) is 72.5 Å². The molecule has 0 unspecified atom stereocenters. The highest BCUT2D eigenvalue weighted by molar-refractivity contribution is 7.12. The first-order chi connectivity index (χ1) is 13.1. The maximum absolute atomic E-state index is 12.1. The number of amides is 1. The van der Waals surface area contributed by atoms with Gasteiger partial charge >= 0.3 is 5.97 Å². The fourth-order valence-electron chi connectivity index (χ4n) is 2.36. The van der Waals surface area contributed by atoms with Crippen molar-refractivity contribution in [1.82, 2.24) is 0 Å². The molecule has 0 aliphatic heterocycles. The van der Waals surface area contributed by atoms with E-state index in [1.807, 2.05) is 11.4 Å². The molecule has 6 heteroatoms. The van der Waals surface area contributed by atoms with Crippen LogP contribution in [0, 0.1) is 0 Å². The fourth-order valence-corrected chi connectivity index (χ4v) is 3.05. The van der Waals surface area contributed by atoms with Crippen LogP contribution in [0.4, 0.5) is 5.69 Å². The number of anilines is 1. The average molecular weight is 379 g/mol. The highest BCUT2D eigenvalue weighted by atomic mass is 32.1. The van der Waals surface area contributed by atoms with Gasteiger partial charge in [-0.3, -0.25) is 14.4 Å². The fraction of sp³-hybridized carbons (Fsp3) is 0.0952. The molecule has 3 rings (SSSR count). The summed E-state index contributed by atoms with van der Waals surface area (Å²) < 4.78 is 5.23. The molecule has 27 heavy (non-hydrogen) atoms. The Morgan fingerprint density at radius 3 is 2.26 bits per heavy atom. The van der Waals surface area contributed by atoms with E-state index in [1.165, 1.54) is 11.3 Å². The number of benzene rings is 2. The van der Waals surface area contributed by atoms with E-state index in [-0.39, 0.29) is 24.5 Å². The molecule has 1 amide bonds. The number of nitrogens with one attached hydrogen (secondary N) is 1. The predicted molar refractivity (Wildman–Crippen MR) is 104 cm³/mol. The molecule has 0 fully saturated rings. The van der Waals surface area contributed by atoms with Crippen molar-refractivity contribution in [3.05, 3.63) is 82.6 Å². The lowest BCUT2D eigenvalue weighted by molar-refractivity contribution is -0.134. The van der Waals surface area contributed by atoms with Crippen molar-refractivity contribution in [2.45, 2.75) is 12.8 Å². The summed E-state index contributed by atoms with van der Waals surface area (Å²) in [6.45, 7) is 0. The van der Waals surface area contributed by atoms with Gasteiger partial charge in [0.05, 0.1) is 11.3 Å². The second-order valence-electron chi connectivity index (χ2n) is 5.72. The minimum absolute atomic E-state index is 0.0171. The summed E-state index contributed by atoms with van der Waals surface area (Å²) in [7, 11) is 0. The minimum Gasteiger partial charge on any atom is -0.427 e. The Kier molecular flexibility index (Phi) is 6.12.